The van der Waals surface area contributed by atoms with Gasteiger partial charge in [0.15, 0.2) is 0 Å². The van der Waals surface area contributed by atoms with E-state index in [9.17, 15) is 0 Å². The maximum absolute atomic E-state index is 2.45. The summed E-state index contributed by atoms with van der Waals surface area (Å²) in [7, 11) is 0. The number of para-hydroxylation sites is 3. The summed E-state index contributed by atoms with van der Waals surface area (Å²) in [4.78, 5) is 2.45. The molecule has 0 radical (unpaired) electrons. The van der Waals surface area contributed by atoms with Gasteiger partial charge in [0.25, 0.3) is 0 Å². The van der Waals surface area contributed by atoms with Gasteiger partial charge in [-0.3, -0.25) is 0 Å². The minimum Gasteiger partial charge on any atom is -0.310 e. The van der Waals surface area contributed by atoms with Gasteiger partial charge in [-0.1, -0.05) is 158 Å². The molecule has 12 rings (SSSR count). The van der Waals surface area contributed by atoms with Gasteiger partial charge in [0.05, 0.1) is 22.4 Å². The van der Waals surface area contributed by atoms with Crippen molar-refractivity contribution in [1.29, 1.82) is 0 Å². The van der Waals surface area contributed by atoms with Crippen LogP contribution in [0.15, 0.2) is 231 Å². The van der Waals surface area contributed by atoms with Crippen molar-refractivity contribution >= 4 is 81.1 Å². The highest BCUT2D eigenvalue weighted by atomic mass is 32.1. The normalized spacial score (nSPS) is 11.6. The van der Waals surface area contributed by atoms with E-state index in [1.165, 1.54) is 69.4 Å². The zero-order chi connectivity index (χ0) is 40.3. The summed E-state index contributed by atoms with van der Waals surface area (Å²) < 4.78 is 5.03. The summed E-state index contributed by atoms with van der Waals surface area (Å²) in [5, 5.41) is 7.51. The molecule has 0 amide bonds. The largest absolute Gasteiger partial charge is 0.310 e. The van der Waals surface area contributed by atoms with Gasteiger partial charge in [-0.15, -0.1) is 11.3 Å². The van der Waals surface area contributed by atoms with Gasteiger partial charge < -0.3 is 9.47 Å². The molecule has 3 heteroatoms. The lowest BCUT2D eigenvalue weighted by molar-refractivity contribution is 1.18. The maximum atomic E-state index is 2.45. The lowest BCUT2D eigenvalue weighted by Crippen LogP contribution is -2.11. The van der Waals surface area contributed by atoms with E-state index in [1.54, 1.807) is 0 Å². The summed E-state index contributed by atoms with van der Waals surface area (Å²) in [5.74, 6) is 0. The molecule has 0 unspecified atom stereocenters. The summed E-state index contributed by atoms with van der Waals surface area (Å²) in [6.45, 7) is 0. The van der Waals surface area contributed by atoms with Crippen LogP contribution >= 0.6 is 11.3 Å². The molecule has 0 aliphatic heterocycles. The van der Waals surface area contributed by atoms with Crippen LogP contribution in [0.1, 0.15) is 0 Å². The molecule has 2 aromatic heterocycles. The van der Waals surface area contributed by atoms with Crippen LogP contribution < -0.4 is 4.90 Å². The molecule has 0 spiro atoms. The standard InChI is InChI=1S/C58H38N2S/c1-2-14-39(15-3-1)41-28-31-45(32-29-41)59(46-33-35-58-52(38-46)50-21-9-13-25-57(50)61-58)56-34-30-44(37-51(56)43-27-26-40-16-4-5-17-42(40)36-43)47-18-6-10-22-53(47)60-54-23-11-7-19-48(54)49-20-8-12-24-55(49)60/h1-38H. The Morgan fingerprint density at radius 1 is 0.328 bits per heavy atom. The number of benzene rings is 10. The van der Waals surface area contributed by atoms with Crippen LogP contribution in [-0.4, -0.2) is 4.57 Å². The third kappa shape index (κ3) is 6.01. The molecule has 0 fully saturated rings. The number of hydrogen-bond acceptors (Lipinski definition) is 2. The van der Waals surface area contributed by atoms with Crippen molar-refractivity contribution in [3.05, 3.63) is 231 Å². The molecule has 0 aliphatic rings. The van der Waals surface area contributed by atoms with Crippen LogP contribution in [0.2, 0.25) is 0 Å². The van der Waals surface area contributed by atoms with Crippen LogP contribution in [0.5, 0.6) is 0 Å². The third-order valence-electron chi connectivity index (χ3n) is 12.2. The number of nitrogens with zero attached hydrogens (tertiary/aromatic N) is 2. The van der Waals surface area contributed by atoms with Gasteiger partial charge in [-0.2, -0.15) is 0 Å². The summed E-state index contributed by atoms with van der Waals surface area (Å²) in [6.07, 6.45) is 0. The Hall–Kier alpha value is -7.72. The van der Waals surface area contributed by atoms with E-state index in [0.717, 1.165) is 39.4 Å². The molecule has 0 saturated carbocycles. The quantitative estimate of drug-likeness (QED) is 0.156. The highest BCUT2D eigenvalue weighted by Crippen LogP contribution is 2.46. The summed E-state index contributed by atoms with van der Waals surface area (Å²) in [5.41, 5.74) is 13.9. The van der Waals surface area contributed by atoms with Gasteiger partial charge in [0.2, 0.25) is 0 Å². The highest BCUT2D eigenvalue weighted by Gasteiger charge is 2.22. The third-order valence-corrected chi connectivity index (χ3v) is 13.3. The van der Waals surface area contributed by atoms with Crippen LogP contribution in [0.3, 0.4) is 0 Å². The second-order valence-electron chi connectivity index (χ2n) is 15.7. The van der Waals surface area contributed by atoms with Crippen molar-refractivity contribution in [1.82, 2.24) is 4.57 Å². The first-order valence-electron chi connectivity index (χ1n) is 20.8. The molecular weight excluding hydrogens is 757 g/mol. The molecular formula is C58H38N2S. The number of fused-ring (bicyclic) bond motifs is 7. The van der Waals surface area contributed by atoms with Crippen molar-refractivity contribution in [2.45, 2.75) is 0 Å². The Kier molecular flexibility index (Phi) is 8.39. The van der Waals surface area contributed by atoms with Crippen molar-refractivity contribution in [2.24, 2.45) is 0 Å². The smallest absolute Gasteiger partial charge is 0.0541 e. The number of rotatable bonds is 7. The van der Waals surface area contributed by atoms with Crippen LogP contribution in [0, 0.1) is 0 Å². The van der Waals surface area contributed by atoms with Gasteiger partial charge in [-0.25, -0.2) is 0 Å². The monoisotopic (exact) mass is 794 g/mol. The van der Waals surface area contributed by atoms with E-state index in [1.807, 2.05) is 11.3 Å². The van der Waals surface area contributed by atoms with E-state index in [2.05, 4.69) is 240 Å². The average Bonchev–Trinajstić information content (AvgIpc) is 3.88. The first kappa shape index (κ1) is 35.2. The van der Waals surface area contributed by atoms with Gasteiger partial charge >= 0.3 is 0 Å². The Morgan fingerprint density at radius 3 is 1.70 bits per heavy atom. The minimum absolute atomic E-state index is 1.10. The van der Waals surface area contributed by atoms with Crippen molar-refractivity contribution in [3.8, 4) is 39.1 Å². The van der Waals surface area contributed by atoms with E-state index < -0.39 is 0 Å². The Morgan fingerprint density at radius 2 is 0.902 bits per heavy atom. The predicted octanol–water partition coefficient (Wildman–Crippen LogP) is 16.8. The summed E-state index contributed by atoms with van der Waals surface area (Å²) in [6, 6.07) is 84.4. The van der Waals surface area contributed by atoms with Gasteiger partial charge in [0, 0.05) is 53.4 Å². The van der Waals surface area contributed by atoms with Crippen LogP contribution in [0.4, 0.5) is 17.1 Å². The van der Waals surface area contributed by atoms with Crippen LogP contribution in [0.25, 0.3) is 91.8 Å². The molecule has 0 N–H and O–H groups in total. The Balaban J connectivity index is 1.11. The highest BCUT2D eigenvalue weighted by molar-refractivity contribution is 7.25. The van der Waals surface area contributed by atoms with E-state index >= 15 is 0 Å². The minimum atomic E-state index is 1.10. The molecule has 61 heavy (non-hydrogen) atoms. The van der Waals surface area contributed by atoms with E-state index in [4.69, 9.17) is 0 Å². The molecule has 2 nitrogen and oxygen atoms in total. The predicted molar refractivity (Wildman–Crippen MR) is 262 cm³/mol. The topological polar surface area (TPSA) is 8.17 Å². The lowest BCUT2D eigenvalue weighted by Gasteiger charge is -2.29. The second kappa shape index (κ2) is 14.5. The Labute approximate surface area is 358 Å². The average molecular weight is 795 g/mol. The lowest BCUT2D eigenvalue weighted by atomic mass is 9.94. The zero-order valence-electron chi connectivity index (χ0n) is 33.2. The number of hydrogen-bond donors (Lipinski definition) is 0. The fourth-order valence-corrected chi connectivity index (χ4v) is 10.4. The first-order chi connectivity index (χ1) is 30.2. The van der Waals surface area contributed by atoms with E-state index in [-0.39, 0.29) is 0 Å². The summed E-state index contributed by atoms with van der Waals surface area (Å²) >= 11 is 1.85. The van der Waals surface area contributed by atoms with Gasteiger partial charge in [-0.05, 0) is 106 Å². The fourth-order valence-electron chi connectivity index (χ4n) is 9.30. The number of aromatic nitrogens is 1. The Bertz CT molecular complexity index is 3540. The molecule has 0 aliphatic carbocycles. The molecule has 286 valence electrons. The van der Waals surface area contributed by atoms with Crippen LogP contribution in [-0.2, 0) is 0 Å². The first-order valence-corrected chi connectivity index (χ1v) is 21.6. The van der Waals surface area contributed by atoms with Crippen molar-refractivity contribution in [3.63, 3.8) is 0 Å². The molecule has 2 heterocycles. The van der Waals surface area contributed by atoms with Crippen molar-refractivity contribution < 1.29 is 0 Å². The van der Waals surface area contributed by atoms with Gasteiger partial charge in [0.1, 0.15) is 0 Å². The molecule has 10 aromatic carbocycles. The SMILES string of the molecule is c1ccc(-c2ccc(N(c3ccc4sc5ccccc5c4c3)c3ccc(-c4ccccc4-n4c5ccccc5c5ccccc54)cc3-c3ccc4ccccc4c3)cc2)cc1. The van der Waals surface area contributed by atoms with E-state index in [0.29, 0.717) is 0 Å². The van der Waals surface area contributed by atoms with Crippen molar-refractivity contribution in [2.75, 3.05) is 4.90 Å². The molecule has 0 bridgehead atoms. The number of anilines is 3. The molecule has 12 aromatic rings. The molecule has 0 saturated heterocycles. The maximum Gasteiger partial charge on any atom is 0.0541 e. The second-order valence-corrected chi connectivity index (χ2v) is 16.8. The molecule has 0 atom stereocenters. The zero-order valence-corrected chi connectivity index (χ0v) is 34.1. The fraction of sp³-hybridized carbons (Fsp3) is 0. The number of thiophene rings is 1.